The lowest BCUT2D eigenvalue weighted by Crippen LogP contribution is -1.94. The zero-order valence-electron chi connectivity index (χ0n) is 6.04. The fraction of sp³-hybridized carbons (Fsp3) is 0.125. The Hall–Kier alpha value is -1.03. The molecule has 0 amide bonds. The van der Waals surface area contributed by atoms with Crippen LogP contribution in [0.1, 0.15) is 10.4 Å². The SMILES string of the molecule is O=Cc1ccc(Br)c2c1OCO2. The second-order valence-electron chi connectivity index (χ2n) is 2.32. The number of aldehydes is 1. The number of carbonyl (C=O) groups is 1. The monoisotopic (exact) mass is 228 g/mol. The van der Waals surface area contributed by atoms with Gasteiger partial charge in [0.15, 0.2) is 17.8 Å². The number of hydrogen-bond acceptors (Lipinski definition) is 3. The van der Waals surface area contributed by atoms with Crippen molar-refractivity contribution >= 4 is 22.2 Å². The molecule has 62 valence electrons. The zero-order chi connectivity index (χ0) is 8.55. The number of hydrogen-bond donors (Lipinski definition) is 0. The number of carbonyl (C=O) groups excluding carboxylic acids is 1. The number of rotatable bonds is 1. The highest BCUT2D eigenvalue weighted by molar-refractivity contribution is 9.10. The second kappa shape index (κ2) is 2.79. The van der Waals surface area contributed by atoms with E-state index in [0.29, 0.717) is 17.1 Å². The summed E-state index contributed by atoms with van der Waals surface area (Å²) in [6.07, 6.45) is 0.750. The van der Waals surface area contributed by atoms with Crippen molar-refractivity contribution < 1.29 is 14.3 Å². The Bertz CT molecular complexity index is 335. The van der Waals surface area contributed by atoms with Crippen LogP contribution in [-0.2, 0) is 0 Å². The van der Waals surface area contributed by atoms with Gasteiger partial charge in [0, 0.05) is 0 Å². The lowest BCUT2D eigenvalue weighted by Gasteiger charge is -1.99. The molecular formula is C8H5BrO3. The van der Waals surface area contributed by atoms with Crippen LogP contribution in [0.2, 0.25) is 0 Å². The molecule has 0 aliphatic carbocycles. The Labute approximate surface area is 77.4 Å². The molecule has 4 heteroatoms. The van der Waals surface area contributed by atoms with Crippen molar-refractivity contribution in [2.24, 2.45) is 0 Å². The Morgan fingerprint density at radius 1 is 1.33 bits per heavy atom. The molecule has 0 fully saturated rings. The van der Waals surface area contributed by atoms with Crippen LogP contribution in [0.5, 0.6) is 11.5 Å². The predicted molar refractivity (Wildman–Crippen MR) is 45.7 cm³/mol. The first-order valence-electron chi connectivity index (χ1n) is 3.36. The van der Waals surface area contributed by atoms with Gasteiger partial charge < -0.3 is 9.47 Å². The lowest BCUT2D eigenvalue weighted by molar-refractivity contribution is 0.111. The van der Waals surface area contributed by atoms with Gasteiger partial charge in [0.05, 0.1) is 10.0 Å². The first-order chi connectivity index (χ1) is 5.83. The van der Waals surface area contributed by atoms with Crippen LogP contribution < -0.4 is 9.47 Å². The molecule has 1 aromatic rings. The summed E-state index contributed by atoms with van der Waals surface area (Å²) in [4.78, 5) is 10.5. The molecule has 12 heavy (non-hydrogen) atoms. The van der Waals surface area contributed by atoms with Crippen molar-refractivity contribution in [3.8, 4) is 11.5 Å². The van der Waals surface area contributed by atoms with Gasteiger partial charge in [0.25, 0.3) is 0 Å². The van der Waals surface area contributed by atoms with Crippen LogP contribution in [-0.4, -0.2) is 13.1 Å². The van der Waals surface area contributed by atoms with E-state index in [9.17, 15) is 4.79 Å². The molecule has 1 aromatic carbocycles. The number of halogens is 1. The number of benzene rings is 1. The average Bonchev–Trinajstić information content (AvgIpc) is 2.54. The Balaban J connectivity index is 2.64. The van der Waals surface area contributed by atoms with Crippen molar-refractivity contribution in [1.29, 1.82) is 0 Å². The molecule has 1 heterocycles. The summed E-state index contributed by atoms with van der Waals surface area (Å²) in [5.74, 6) is 1.14. The van der Waals surface area contributed by atoms with Gasteiger partial charge in [0.1, 0.15) is 0 Å². The van der Waals surface area contributed by atoms with E-state index in [-0.39, 0.29) is 6.79 Å². The standard InChI is InChI=1S/C8H5BrO3/c9-6-2-1-5(3-10)7-8(6)12-4-11-7/h1-3H,4H2. The summed E-state index contributed by atoms with van der Waals surface area (Å²) in [6.45, 7) is 0.179. The van der Waals surface area contributed by atoms with Crippen molar-refractivity contribution in [3.63, 3.8) is 0 Å². The summed E-state index contributed by atoms with van der Waals surface area (Å²) in [7, 11) is 0. The fourth-order valence-electron chi connectivity index (χ4n) is 1.08. The Morgan fingerprint density at radius 3 is 2.83 bits per heavy atom. The highest BCUT2D eigenvalue weighted by Crippen LogP contribution is 2.40. The second-order valence-corrected chi connectivity index (χ2v) is 3.17. The van der Waals surface area contributed by atoms with E-state index in [1.165, 1.54) is 0 Å². The van der Waals surface area contributed by atoms with E-state index in [0.717, 1.165) is 10.8 Å². The van der Waals surface area contributed by atoms with E-state index in [1.54, 1.807) is 12.1 Å². The summed E-state index contributed by atoms with van der Waals surface area (Å²) in [5.41, 5.74) is 0.519. The average molecular weight is 229 g/mol. The van der Waals surface area contributed by atoms with Gasteiger partial charge in [-0.1, -0.05) is 0 Å². The smallest absolute Gasteiger partial charge is 0.231 e. The molecule has 0 N–H and O–H groups in total. The molecule has 0 radical (unpaired) electrons. The minimum Gasteiger partial charge on any atom is -0.453 e. The van der Waals surface area contributed by atoms with Gasteiger partial charge in [-0.3, -0.25) is 4.79 Å². The van der Waals surface area contributed by atoms with Gasteiger partial charge >= 0.3 is 0 Å². The minimum absolute atomic E-state index is 0.179. The van der Waals surface area contributed by atoms with Crippen LogP contribution in [0.4, 0.5) is 0 Å². The van der Waals surface area contributed by atoms with Crippen LogP contribution in [0.15, 0.2) is 16.6 Å². The van der Waals surface area contributed by atoms with Crippen molar-refractivity contribution in [2.45, 2.75) is 0 Å². The van der Waals surface area contributed by atoms with Gasteiger partial charge in [-0.25, -0.2) is 0 Å². The fourth-order valence-corrected chi connectivity index (χ4v) is 1.50. The van der Waals surface area contributed by atoms with E-state index < -0.39 is 0 Å². The quantitative estimate of drug-likeness (QED) is 0.690. The van der Waals surface area contributed by atoms with Gasteiger partial charge in [0.2, 0.25) is 6.79 Å². The zero-order valence-corrected chi connectivity index (χ0v) is 7.63. The van der Waals surface area contributed by atoms with Gasteiger partial charge in [-0.2, -0.15) is 0 Å². The maximum atomic E-state index is 10.5. The Kier molecular flexibility index (Phi) is 1.77. The molecule has 0 atom stereocenters. The summed E-state index contributed by atoms with van der Waals surface area (Å²) >= 11 is 3.29. The highest BCUT2D eigenvalue weighted by atomic mass is 79.9. The van der Waals surface area contributed by atoms with Crippen molar-refractivity contribution in [2.75, 3.05) is 6.79 Å². The van der Waals surface area contributed by atoms with Crippen LogP contribution >= 0.6 is 15.9 Å². The predicted octanol–water partition coefficient (Wildman–Crippen LogP) is 1.99. The van der Waals surface area contributed by atoms with E-state index >= 15 is 0 Å². The third kappa shape index (κ3) is 0.992. The van der Waals surface area contributed by atoms with E-state index in [2.05, 4.69) is 15.9 Å². The number of fused-ring (bicyclic) bond motifs is 1. The van der Waals surface area contributed by atoms with Crippen LogP contribution in [0.25, 0.3) is 0 Å². The number of ether oxygens (including phenoxy) is 2. The molecule has 0 aromatic heterocycles. The van der Waals surface area contributed by atoms with Crippen molar-refractivity contribution in [1.82, 2.24) is 0 Å². The van der Waals surface area contributed by atoms with E-state index in [4.69, 9.17) is 9.47 Å². The lowest BCUT2D eigenvalue weighted by atomic mass is 10.2. The molecule has 1 aliphatic heterocycles. The highest BCUT2D eigenvalue weighted by Gasteiger charge is 2.20. The third-order valence-corrected chi connectivity index (χ3v) is 2.25. The maximum absolute atomic E-state index is 10.5. The first kappa shape index (κ1) is 7.61. The van der Waals surface area contributed by atoms with E-state index in [1.807, 2.05) is 0 Å². The van der Waals surface area contributed by atoms with Crippen LogP contribution in [0, 0.1) is 0 Å². The molecule has 0 saturated heterocycles. The molecule has 0 saturated carbocycles. The molecule has 0 spiro atoms. The molecule has 1 aliphatic rings. The molecule has 3 nitrogen and oxygen atoms in total. The molecule has 2 rings (SSSR count). The third-order valence-electron chi connectivity index (χ3n) is 1.63. The summed E-state index contributed by atoms with van der Waals surface area (Å²) in [5, 5.41) is 0. The van der Waals surface area contributed by atoms with Crippen molar-refractivity contribution in [3.05, 3.63) is 22.2 Å². The molecule has 0 bridgehead atoms. The van der Waals surface area contributed by atoms with Crippen LogP contribution in [0.3, 0.4) is 0 Å². The summed E-state index contributed by atoms with van der Waals surface area (Å²) in [6, 6.07) is 3.45. The van der Waals surface area contributed by atoms with Gasteiger partial charge in [-0.05, 0) is 28.1 Å². The molecular weight excluding hydrogens is 224 g/mol. The maximum Gasteiger partial charge on any atom is 0.231 e. The Morgan fingerprint density at radius 2 is 2.08 bits per heavy atom. The normalized spacial score (nSPS) is 13.1. The van der Waals surface area contributed by atoms with Gasteiger partial charge in [-0.15, -0.1) is 0 Å². The largest absolute Gasteiger partial charge is 0.453 e. The first-order valence-corrected chi connectivity index (χ1v) is 4.15. The summed E-state index contributed by atoms with van der Waals surface area (Å²) < 4.78 is 11.1. The molecule has 0 unspecified atom stereocenters. The minimum atomic E-state index is 0.179. The topological polar surface area (TPSA) is 35.5 Å².